The molecule has 1 amide bonds. The van der Waals surface area contributed by atoms with Crippen LogP contribution in [0.15, 0.2) is 36.5 Å². The zero-order valence-electron chi connectivity index (χ0n) is 10.0. The fraction of sp³-hybridized carbons (Fsp3) is 0.286. The van der Waals surface area contributed by atoms with Gasteiger partial charge in [-0.05, 0) is 25.0 Å². The quantitative estimate of drug-likeness (QED) is 0.771. The van der Waals surface area contributed by atoms with E-state index >= 15 is 0 Å². The summed E-state index contributed by atoms with van der Waals surface area (Å²) >= 11 is 0. The van der Waals surface area contributed by atoms with Crippen molar-refractivity contribution in [3.8, 4) is 0 Å². The van der Waals surface area contributed by atoms with Gasteiger partial charge >= 0.3 is 0 Å². The van der Waals surface area contributed by atoms with E-state index in [1.807, 2.05) is 24.3 Å². The fourth-order valence-electron chi connectivity index (χ4n) is 2.17. The molecular formula is C14H14N2O2. The molecule has 0 N–H and O–H groups in total. The average Bonchev–Trinajstić information content (AvgIpc) is 2.47. The van der Waals surface area contributed by atoms with Crippen LogP contribution >= 0.6 is 0 Å². The van der Waals surface area contributed by atoms with Crippen molar-refractivity contribution in [1.29, 1.82) is 0 Å². The van der Waals surface area contributed by atoms with Gasteiger partial charge in [0.25, 0.3) is 5.91 Å². The highest BCUT2D eigenvalue weighted by Gasteiger charge is 2.21. The molecule has 3 rings (SSSR count). The van der Waals surface area contributed by atoms with Crippen LogP contribution in [0.1, 0.15) is 23.2 Å². The zero-order valence-corrected chi connectivity index (χ0v) is 10.0. The average molecular weight is 242 g/mol. The lowest BCUT2D eigenvalue weighted by atomic mass is 10.1. The third-order valence-electron chi connectivity index (χ3n) is 3.09. The molecule has 2 heterocycles. The van der Waals surface area contributed by atoms with E-state index in [9.17, 15) is 4.79 Å². The van der Waals surface area contributed by atoms with Crippen molar-refractivity contribution in [2.45, 2.75) is 12.8 Å². The molecule has 2 aromatic rings. The van der Waals surface area contributed by atoms with Crippen LogP contribution in [0.25, 0.3) is 10.9 Å². The smallest absolute Gasteiger partial charge is 0.271 e. The Morgan fingerprint density at radius 1 is 1.22 bits per heavy atom. The third-order valence-corrected chi connectivity index (χ3v) is 3.09. The number of carbonyl (C=O) groups is 1. The number of hydrogen-bond acceptors (Lipinski definition) is 3. The van der Waals surface area contributed by atoms with Gasteiger partial charge in [0, 0.05) is 18.1 Å². The molecule has 0 atom stereocenters. The predicted octanol–water partition coefficient (Wildman–Crippen LogP) is 2.40. The number of carbonyl (C=O) groups excluding carboxylic acids is 1. The molecule has 1 fully saturated rings. The van der Waals surface area contributed by atoms with Crippen molar-refractivity contribution in [3.63, 3.8) is 0 Å². The summed E-state index contributed by atoms with van der Waals surface area (Å²) in [5.74, 6) is -0.0981. The minimum atomic E-state index is -0.0981. The summed E-state index contributed by atoms with van der Waals surface area (Å²) in [6.07, 6.45) is 3.71. The first-order chi connectivity index (χ1) is 8.86. The van der Waals surface area contributed by atoms with E-state index in [2.05, 4.69) is 4.98 Å². The van der Waals surface area contributed by atoms with Gasteiger partial charge in [-0.15, -0.1) is 0 Å². The van der Waals surface area contributed by atoms with Gasteiger partial charge in [0.2, 0.25) is 0 Å². The van der Waals surface area contributed by atoms with Crippen LogP contribution in [-0.2, 0) is 4.84 Å². The Morgan fingerprint density at radius 3 is 2.94 bits per heavy atom. The highest BCUT2D eigenvalue weighted by molar-refractivity contribution is 6.04. The Kier molecular flexibility index (Phi) is 2.94. The maximum atomic E-state index is 12.4. The van der Waals surface area contributed by atoms with Gasteiger partial charge < -0.3 is 0 Å². The Morgan fingerprint density at radius 2 is 2.11 bits per heavy atom. The molecule has 4 heteroatoms. The lowest BCUT2D eigenvalue weighted by molar-refractivity contribution is -0.144. The summed E-state index contributed by atoms with van der Waals surface area (Å²) in [6.45, 7) is 1.27. The van der Waals surface area contributed by atoms with Gasteiger partial charge in [0.05, 0.1) is 17.7 Å². The number of hydroxylamine groups is 2. The van der Waals surface area contributed by atoms with Gasteiger partial charge in [-0.3, -0.25) is 14.6 Å². The van der Waals surface area contributed by atoms with E-state index < -0.39 is 0 Å². The van der Waals surface area contributed by atoms with E-state index in [0.29, 0.717) is 18.7 Å². The van der Waals surface area contributed by atoms with Crippen LogP contribution in [0.3, 0.4) is 0 Å². The number of nitrogens with zero attached hydrogens (tertiary/aromatic N) is 2. The first kappa shape index (κ1) is 11.2. The second-order valence-electron chi connectivity index (χ2n) is 4.33. The van der Waals surface area contributed by atoms with E-state index in [0.717, 1.165) is 23.7 Å². The molecule has 0 radical (unpaired) electrons. The third kappa shape index (κ3) is 1.95. The molecule has 0 spiro atoms. The van der Waals surface area contributed by atoms with Crippen LogP contribution in [0.2, 0.25) is 0 Å². The Balaban J connectivity index is 2.00. The molecule has 0 aliphatic carbocycles. The van der Waals surface area contributed by atoms with E-state index in [4.69, 9.17) is 4.84 Å². The number of hydrogen-bond donors (Lipinski definition) is 0. The molecule has 18 heavy (non-hydrogen) atoms. The number of amides is 1. The van der Waals surface area contributed by atoms with Crippen LogP contribution in [0, 0.1) is 0 Å². The fourth-order valence-corrected chi connectivity index (χ4v) is 2.17. The molecule has 1 aliphatic heterocycles. The summed E-state index contributed by atoms with van der Waals surface area (Å²) in [4.78, 5) is 22.1. The molecular weight excluding hydrogens is 228 g/mol. The van der Waals surface area contributed by atoms with Crippen molar-refractivity contribution in [3.05, 3.63) is 42.1 Å². The minimum Gasteiger partial charge on any atom is -0.271 e. The normalized spacial score (nSPS) is 15.9. The maximum absolute atomic E-state index is 12.4. The molecule has 1 aromatic heterocycles. The van der Waals surface area contributed by atoms with Crippen molar-refractivity contribution >= 4 is 16.8 Å². The number of para-hydroxylation sites is 1. The first-order valence-electron chi connectivity index (χ1n) is 6.15. The molecule has 0 unspecified atom stereocenters. The largest absolute Gasteiger partial charge is 0.279 e. The van der Waals surface area contributed by atoms with Crippen LogP contribution in [0.4, 0.5) is 0 Å². The molecule has 92 valence electrons. The van der Waals surface area contributed by atoms with Crippen molar-refractivity contribution < 1.29 is 9.63 Å². The van der Waals surface area contributed by atoms with Gasteiger partial charge in [-0.2, -0.15) is 0 Å². The predicted molar refractivity (Wildman–Crippen MR) is 68.0 cm³/mol. The number of fused-ring (bicyclic) bond motifs is 1. The van der Waals surface area contributed by atoms with Crippen LogP contribution < -0.4 is 0 Å². The van der Waals surface area contributed by atoms with Crippen molar-refractivity contribution in [2.24, 2.45) is 0 Å². The topological polar surface area (TPSA) is 42.4 Å². The highest BCUT2D eigenvalue weighted by atomic mass is 16.7. The monoisotopic (exact) mass is 242 g/mol. The summed E-state index contributed by atoms with van der Waals surface area (Å²) < 4.78 is 0. The van der Waals surface area contributed by atoms with Gasteiger partial charge in [-0.1, -0.05) is 18.2 Å². The van der Waals surface area contributed by atoms with Crippen LogP contribution in [0.5, 0.6) is 0 Å². The van der Waals surface area contributed by atoms with Gasteiger partial charge in [0.15, 0.2) is 0 Å². The van der Waals surface area contributed by atoms with E-state index in [1.54, 1.807) is 12.3 Å². The summed E-state index contributed by atoms with van der Waals surface area (Å²) in [7, 11) is 0. The molecule has 1 aromatic carbocycles. The molecule has 1 aliphatic rings. The molecule has 0 bridgehead atoms. The van der Waals surface area contributed by atoms with E-state index in [-0.39, 0.29) is 5.91 Å². The number of benzene rings is 1. The Labute approximate surface area is 105 Å². The first-order valence-corrected chi connectivity index (χ1v) is 6.15. The lowest BCUT2D eigenvalue weighted by Crippen LogP contribution is -2.35. The molecule has 0 saturated carbocycles. The van der Waals surface area contributed by atoms with Gasteiger partial charge in [0.1, 0.15) is 0 Å². The van der Waals surface area contributed by atoms with Crippen molar-refractivity contribution in [1.82, 2.24) is 10.0 Å². The lowest BCUT2D eigenvalue weighted by Gasteiger charge is -2.26. The summed E-state index contributed by atoms with van der Waals surface area (Å²) in [5.41, 5.74) is 1.34. The van der Waals surface area contributed by atoms with E-state index in [1.165, 1.54) is 5.06 Å². The Hall–Kier alpha value is -1.94. The number of pyridine rings is 1. The zero-order chi connectivity index (χ0) is 12.4. The Bertz CT molecular complexity index is 572. The second-order valence-corrected chi connectivity index (χ2v) is 4.33. The van der Waals surface area contributed by atoms with Gasteiger partial charge in [-0.25, -0.2) is 5.06 Å². The standard InChI is InChI=1S/C14H14N2O2/c17-14(16-9-1-2-10-18-16)12-7-3-5-11-6-4-8-15-13(11)12/h3-8H,1-2,9-10H2. The van der Waals surface area contributed by atoms with Crippen molar-refractivity contribution in [2.75, 3.05) is 13.2 Å². The SMILES string of the molecule is O=C(c1cccc2cccnc12)N1CCCCO1. The second kappa shape index (κ2) is 4.74. The highest BCUT2D eigenvalue weighted by Crippen LogP contribution is 2.19. The maximum Gasteiger partial charge on any atom is 0.279 e. The number of aromatic nitrogens is 1. The molecule has 1 saturated heterocycles. The summed E-state index contributed by atoms with van der Waals surface area (Å²) in [6, 6.07) is 9.46. The van der Waals surface area contributed by atoms with Crippen LogP contribution in [-0.4, -0.2) is 29.1 Å². The number of rotatable bonds is 1. The summed E-state index contributed by atoms with van der Waals surface area (Å²) in [5, 5.41) is 2.42. The minimum absolute atomic E-state index is 0.0981. The molecule has 4 nitrogen and oxygen atoms in total.